The van der Waals surface area contributed by atoms with Gasteiger partial charge in [-0.25, -0.2) is 0 Å². The summed E-state index contributed by atoms with van der Waals surface area (Å²) < 4.78 is 0. The Hall–Kier alpha value is -2.17. The van der Waals surface area contributed by atoms with Crippen molar-refractivity contribution in [1.82, 2.24) is 10.2 Å². The fourth-order valence-corrected chi connectivity index (χ4v) is 3.82. The molecule has 3 rings (SSSR count). The lowest BCUT2D eigenvalue weighted by Gasteiger charge is -2.29. The first-order chi connectivity index (χ1) is 12.0. The summed E-state index contributed by atoms with van der Waals surface area (Å²) in [6.45, 7) is 4.38. The van der Waals surface area contributed by atoms with E-state index in [0.29, 0.717) is 36.4 Å². The molecule has 5 nitrogen and oxygen atoms in total. The number of aryl methyl sites for hydroxylation is 1. The maximum atomic E-state index is 12.4. The fraction of sp³-hybridized carbons (Fsp3) is 0.550. The van der Waals surface area contributed by atoms with Crippen molar-refractivity contribution in [2.75, 3.05) is 6.54 Å². The maximum Gasteiger partial charge on any atom is 0.261 e. The summed E-state index contributed by atoms with van der Waals surface area (Å²) in [6, 6.07) is 5.57. The SMILES string of the molecule is Cc1ccc2c(c1)C(=O)N(CCCC(=O)NC1CCCCC1C)C2=O. The Bertz CT molecular complexity index is 698. The van der Waals surface area contributed by atoms with Gasteiger partial charge in [0, 0.05) is 19.0 Å². The zero-order chi connectivity index (χ0) is 18.0. The average molecular weight is 342 g/mol. The Morgan fingerprint density at radius 1 is 1.16 bits per heavy atom. The van der Waals surface area contributed by atoms with E-state index in [2.05, 4.69) is 12.2 Å². The predicted molar refractivity (Wildman–Crippen MR) is 95.3 cm³/mol. The zero-order valence-corrected chi connectivity index (χ0v) is 15.0. The van der Waals surface area contributed by atoms with E-state index < -0.39 is 0 Å². The van der Waals surface area contributed by atoms with Gasteiger partial charge in [0.15, 0.2) is 0 Å². The van der Waals surface area contributed by atoms with Crippen LogP contribution in [-0.2, 0) is 4.79 Å². The van der Waals surface area contributed by atoms with Gasteiger partial charge in [-0.05, 0) is 44.2 Å². The molecule has 2 atom stereocenters. The molecular formula is C20H26N2O3. The van der Waals surface area contributed by atoms with Gasteiger partial charge in [0.1, 0.15) is 0 Å². The highest BCUT2D eigenvalue weighted by molar-refractivity contribution is 6.21. The molecule has 1 saturated carbocycles. The summed E-state index contributed by atoms with van der Waals surface area (Å²) in [5, 5.41) is 3.11. The number of nitrogens with zero attached hydrogens (tertiary/aromatic N) is 1. The third kappa shape index (κ3) is 3.75. The van der Waals surface area contributed by atoms with Crippen molar-refractivity contribution in [1.29, 1.82) is 0 Å². The number of nitrogens with one attached hydrogen (secondary N) is 1. The van der Waals surface area contributed by atoms with E-state index in [1.54, 1.807) is 12.1 Å². The summed E-state index contributed by atoms with van der Waals surface area (Å²) in [5.74, 6) is 0.0506. The largest absolute Gasteiger partial charge is 0.353 e. The van der Waals surface area contributed by atoms with E-state index in [0.717, 1.165) is 12.0 Å². The molecule has 25 heavy (non-hydrogen) atoms. The van der Waals surface area contributed by atoms with Crippen LogP contribution < -0.4 is 5.32 Å². The molecule has 0 radical (unpaired) electrons. The van der Waals surface area contributed by atoms with E-state index >= 15 is 0 Å². The lowest BCUT2D eigenvalue weighted by Crippen LogP contribution is -2.41. The van der Waals surface area contributed by atoms with Crippen LogP contribution in [0.3, 0.4) is 0 Å². The number of hydrogen-bond acceptors (Lipinski definition) is 3. The second kappa shape index (κ2) is 7.38. The van der Waals surface area contributed by atoms with Gasteiger partial charge in [-0.15, -0.1) is 0 Å². The highest BCUT2D eigenvalue weighted by Crippen LogP contribution is 2.25. The molecule has 1 heterocycles. The quantitative estimate of drug-likeness (QED) is 0.836. The number of rotatable bonds is 5. The summed E-state index contributed by atoms with van der Waals surface area (Å²) in [4.78, 5) is 38.2. The van der Waals surface area contributed by atoms with Crippen molar-refractivity contribution in [2.24, 2.45) is 5.92 Å². The molecule has 2 aliphatic rings. The smallest absolute Gasteiger partial charge is 0.261 e. The molecule has 134 valence electrons. The molecule has 1 aromatic carbocycles. The first-order valence-corrected chi connectivity index (χ1v) is 9.23. The maximum absolute atomic E-state index is 12.4. The van der Waals surface area contributed by atoms with Crippen LogP contribution in [0.2, 0.25) is 0 Å². The van der Waals surface area contributed by atoms with Crippen molar-refractivity contribution in [2.45, 2.75) is 58.4 Å². The van der Waals surface area contributed by atoms with Crippen LogP contribution in [0.5, 0.6) is 0 Å². The number of carbonyl (C=O) groups excluding carboxylic acids is 3. The van der Waals surface area contributed by atoms with E-state index in [1.165, 1.54) is 24.2 Å². The average Bonchev–Trinajstić information content (AvgIpc) is 2.81. The standard InChI is InChI=1S/C20H26N2O3/c1-13-9-10-15-16(12-13)20(25)22(19(15)24)11-5-8-18(23)21-17-7-4-3-6-14(17)2/h9-10,12,14,17H,3-8,11H2,1-2H3,(H,21,23). The number of imide groups is 1. The van der Waals surface area contributed by atoms with Crippen LogP contribution >= 0.6 is 0 Å². The van der Waals surface area contributed by atoms with Gasteiger partial charge in [-0.1, -0.05) is 31.4 Å². The third-order valence-electron chi connectivity index (χ3n) is 5.37. The lowest BCUT2D eigenvalue weighted by molar-refractivity contribution is -0.122. The van der Waals surface area contributed by atoms with E-state index in [1.807, 2.05) is 13.0 Å². The molecule has 1 fully saturated rings. The molecule has 3 amide bonds. The molecule has 1 aromatic rings. The topological polar surface area (TPSA) is 66.5 Å². The molecule has 0 saturated heterocycles. The Morgan fingerprint density at radius 3 is 2.64 bits per heavy atom. The fourth-order valence-electron chi connectivity index (χ4n) is 3.82. The van der Waals surface area contributed by atoms with Crippen molar-refractivity contribution < 1.29 is 14.4 Å². The third-order valence-corrected chi connectivity index (χ3v) is 5.37. The summed E-state index contributed by atoms with van der Waals surface area (Å²) >= 11 is 0. The molecule has 1 N–H and O–H groups in total. The van der Waals surface area contributed by atoms with Gasteiger partial charge in [0.2, 0.25) is 5.91 Å². The first kappa shape index (κ1) is 17.6. The number of carbonyl (C=O) groups is 3. The van der Waals surface area contributed by atoms with Crippen LogP contribution in [-0.4, -0.2) is 35.2 Å². The zero-order valence-electron chi connectivity index (χ0n) is 15.0. The van der Waals surface area contributed by atoms with Crippen LogP contribution in [0, 0.1) is 12.8 Å². The number of fused-ring (bicyclic) bond motifs is 1. The number of amides is 3. The van der Waals surface area contributed by atoms with Crippen LogP contribution in [0.1, 0.15) is 71.7 Å². The molecule has 0 aromatic heterocycles. The van der Waals surface area contributed by atoms with Crippen LogP contribution in [0.15, 0.2) is 18.2 Å². The van der Waals surface area contributed by atoms with Gasteiger partial charge in [0.05, 0.1) is 11.1 Å². The Morgan fingerprint density at radius 2 is 1.88 bits per heavy atom. The van der Waals surface area contributed by atoms with Crippen LogP contribution in [0.25, 0.3) is 0 Å². The molecule has 1 aliphatic carbocycles. The summed E-state index contributed by atoms with van der Waals surface area (Å²) in [5.41, 5.74) is 1.91. The number of hydrogen-bond donors (Lipinski definition) is 1. The van der Waals surface area contributed by atoms with Crippen LogP contribution in [0.4, 0.5) is 0 Å². The highest BCUT2D eigenvalue weighted by atomic mass is 16.2. The number of benzene rings is 1. The van der Waals surface area contributed by atoms with E-state index in [4.69, 9.17) is 0 Å². The van der Waals surface area contributed by atoms with Gasteiger partial charge < -0.3 is 5.32 Å². The molecule has 1 aliphatic heterocycles. The van der Waals surface area contributed by atoms with Gasteiger partial charge in [0.25, 0.3) is 11.8 Å². The molecule has 0 bridgehead atoms. The Kier molecular flexibility index (Phi) is 5.21. The first-order valence-electron chi connectivity index (χ1n) is 9.23. The minimum absolute atomic E-state index is 0.0196. The Labute approximate surface area is 148 Å². The second-order valence-corrected chi connectivity index (χ2v) is 7.35. The van der Waals surface area contributed by atoms with Gasteiger partial charge >= 0.3 is 0 Å². The van der Waals surface area contributed by atoms with Gasteiger partial charge in [-0.2, -0.15) is 0 Å². The monoisotopic (exact) mass is 342 g/mol. The van der Waals surface area contributed by atoms with Crippen molar-refractivity contribution in [3.05, 3.63) is 34.9 Å². The summed E-state index contributed by atoms with van der Waals surface area (Å²) in [6.07, 6.45) is 5.47. The van der Waals surface area contributed by atoms with Crippen molar-refractivity contribution >= 4 is 17.7 Å². The second-order valence-electron chi connectivity index (χ2n) is 7.35. The molecule has 0 spiro atoms. The minimum atomic E-state index is -0.249. The van der Waals surface area contributed by atoms with Crippen molar-refractivity contribution in [3.8, 4) is 0 Å². The summed E-state index contributed by atoms with van der Waals surface area (Å²) in [7, 11) is 0. The molecule has 2 unspecified atom stereocenters. The lowest BCUT2D eigenvalue weighted by atomic mass is 9.86. The van der Waals surface area contributed by atoms with E-state index in [-0.39, 0.29) is 23.8 Å². The predicted octanol–water partition coefficient (Wildman–Crippen LogP) is 3.07. The molecular weight excluding hydrogens is 316 g/mol. The van der Waals surface area contributed by atoms with Gasteiger partial charge in [-0.3, -0.25) is 19.3 Å². The highest BCUT2D eigenvalue weighted by Gasteiger charge is 2.35. The van der Waals surface area contributed by atoms with Crippen molar-refractivity contribution in [3.63, 3.8) is 0 Å². The normalized spacial score (nSPS) is 22.9. The minimum Gasteiger partial charge on any atom is -0.353 e. The van der Waals surface area contributed by atoms with E-state index in [9.17, 15) is 14.4 Å². The Balaban J connectivity index is 1.50. The molecule has 5 heteroatoms.